The summed E-state index contributed by atoms with van der Waals surface area (Å²) in [7, 11) is 3.24. The molecule has 2 aliphatic rings. The van der Waals surface area contributed by atoms with Crippen LogP contribution in [0.2, 0.25) is 0 Å². The van der Waals surface area contributed by atoms with Gasteiger partial charge in [0.15, 0.2) is 0 Å². The minimum Gasteiger partial charge on any atom is -0.382 e. The molecule has 8 unspecified atom stereocenters. The molecule has 0 aromatic carbocycles. The maximum absolute atomic E-state index is 10.4. The molecule has 2 rings (SSSR count). The van der Waals surface area contributed by atoms with E-state index in [-0.39, 0.29) is 49.1 Å². The molecule has 2 saturated heterocycles. The van der Waals surface area contributed by atoms with Gasteiger partial charge in [-0.3, -0.25) is 0 Å². The van der Waals surface area contributed by atoms with Gasteiger partial charge in [0, 0.05) is 26.6 Å². The number of hydrogen-bond donors (Lipinski definition) is 1. The van der Waals surface area contributed by atoms with Crippen LogP contribution in [0, 0.1) is 5.92 Å². The van der Waals surface area contributed by atoms with Gasteiger partial charge in [0.25, 0.3) is 0 Å². The SMILES string of the molecule is COCC1OC(C)CC1OP(O)(=S)OCC1OC(C)C(C)C1OC. The Hall–Kier alpha value is 0.370. The average Bonchev–Trinajstić information content (AvgIpc) is 2.97. The molecule has 0 amide bonds. The summed E-state index contributed by atoms with van der Waals surface area (Å²) in [6.45, 7) is 3.14. The summed E-state index contributed by atoms with van der Waals surface area (Å²) < 4.78 is 33.3. The third-order valence-electron chi connectivity index (χ3n) is 4.67. The second-order valence-corrected chi connectivity index (χ2v) is 9.31. The van der Waals surface area contributed by atoms with Crippen LogP contribution >= 0.6 is 6.72 Å². The van der Waals surface area contributed by atoms with Crippen molar-refractivity contribution in [1.29, 1.82) is 0 Å². The van der Waals surface area contributed by atoms with E-state index in [2.05, 4.69) is 6.92 Å². The molecular weight excluding hydrogens is 355 g/mol. The molecule has 0 aromatic heterocycles. The van der Waals surface area contributed by atoms with Crippen LogP contribution in [0.5, 0.6) is 0 Å². The first-order valence-electron chi connectivity index (χ1n) is 8.25. The Labute approximate surface area is 149 Å². The van der Waals surface area contributed by atoms with Crippen molar-refractivity contribution < 1.29 is 32.9 Å². The minimum absolute atomic E-state index is 0.0305. The molecule has 0 aliphatic carbocycles. The van der Waals surface area contributed by atoms with Gasteiger partial charge in [-0.25, -0.2) is 0 Å². The third-order valence-corrected chi connectivity index (χ3v) is 6.26. The average molecular weight is 384 g/mol. The van der Waals surface area contributed by atoms with Crippen molar-refractivity contribution in [2.24, 2.45) is 5.92 Å². The Morgan fingerprint density at radius 2 is 1.83 bits per heavy atom. The Bertz CT molecular complexity index is 452. The lowest BCUT2D eigenvalue weighted by molar-refractivity contribution is -0.0395. The van der Waals surface area contributed by atoms with Gasteiger partial charge in [-0.05, 0) is 25.7 Å². The summed E-state index contributed by atoms with van der Waals surface area (Å²) >= 11 is 5.15. The minimum atomic E-state index is -3.40. The van der Waals surface area contributed by atoms with Crippen molar-refractivity contribution in [2.45, 2.75) is 63.8 Å². The van der Waals surface area contributed by atoms with E-state index in [1.54, 1.807) is 14.2 Å². The Kier molecular flexibility index (Phi) is 7.62. The van der Waals surface area contributed by atoms with Crippen molar-refractivity contribution in [1.82, 2.24) is 0 Å². The normalized spacial score (nSPS) is 42.3. The van der Waals surface area contributed by atoms with E-state index in [9.17, 15) is 4.89 Å². The van der Waals surface area contributed by atoms with E-state index in [1.807, 2.05) is 13.8 Å². The zero-order valence-corrected chi connectivity index (χ0v) is 16.6. The van der Waals surface area contributed by atoms with Crippen LogP contribution in [0.3, 0.4) is 0 Å². The molecule has 8 atom stereocenters. The fraction of sp³-hybridized carbons (Fsp3) is 1.00. The van der Waals surface area contributed by atoms with Crippen LogP contribution in [-0.4, -0.2) is 69.0 Å². The third kappa shape index (κ3) is 5.19. The summed E-state index contributed by atoms with van der Waals surface area (Å²) in [5.74, 6) is 0.247. The first kappa shape index (κ1) is 20.7. The Morgan fingerprint density at radius 1 is 1.12 bits per heavy atom. The summed E-state index contributed by atoms with van der Waals surface area (Å²) in [4.78, 5) is 10.4. The van der Waals surface area contributed by atoms with E-state index in [0.29, 0.717) is 13.0 Å². The molecule has 7 nitrogen and oxygen atoms in total. The van der Waals surface area contributed by atoms with Gasteiger partial charge in [0.2, 0.25) is 0 Å². The first-order valence-corrected chi connectivity index (χ1v) is 10.8. The zero-order chi connectivity index (χ0) is 17.9. The van der Waals surface area contributed by atoms with Crippen molar-refractivity contribution in [3.63, 3.8) is 0 Å². The highest BCUT2D eigenvalue weighted by Crippen LogP contribution is 2.48. The maximum atomic E-state index is 10.4. The van der Waals surface area contributed by atoms with E-state index in [0.717, 1.165) is 0 Å². The summed E-state index contributed by atoms with van der Waals surface area (Å²) in [5, 5.41) is 0. The van der Waals surface area contributed by atoms with E-state index >= 15 is 0 Å². The van der Waals surface area contributed by atoms with Crippen molar-refractivity contribution >= 4 is 18.5 Å². The summed E-state index contributed by atoms with van der Waals surface area (Å²) in [5.41, 5.74) is 0. The Morgan fingerprint density at radius 3 is 2.46 bits per heavy atom. The molecule has 9 heteroatoms. The molecule has 2 fully saturated rings. The predicted octanol–water partition coefficient (Wildman–Crippen LogP) is 1.87. The molecule has 2 heterocycles. The van der Waals surface area contributed by atoms with Gasteiger partial charge in [-0.15, -0.1) is 0 Å². The van der Waals surface area contributed by atoms with Crippen molar-refractivity contribution in [3.05, 3.63) is 0 Å². The van der Waals surface area contributed by atoms with E-state index in [1.165, 1.54) is 0 Å². The molecule has 0 aromatic rings. The monoisotopic (exact) mass is 384 g/mol. The molecule has 142 valence electrons. The number of rotatable bonds is 8. The van der Waals surface area contributed by atoms with Gasteiger partial charge in [0.1, 0.15) is 12.2 Å². The van der Waals surface area contributed by atoms with Gasteiger partial charge in [-0.2, -0.15) is 0 Å². The van der Waals surface area contributed by atoms with E-state index < -0.39 is 6.72 Å². The number of hydrogen-bond acceptors (Lipinski definition) is 7. The molecule has 0 spiro atoms. The van der Waals surface area contributed by atoms with Gasteiger partial charge in [0.05, 0.1) is 37.6 Å². The fourth-order valence-electron chi connectivity index (χ4n) is 3.29. The van der Waals surface area contributed by atoms with Crippen LogP contribution in [0.4, 0.5) is 0 Å². The quantitative estimate of drug-likeness (QED) is 0.636. The molecule has 2 aliphatic heterocycles. The van der Waals surface area contributed by atoms with Crippen LogP contribution < -0.4 is 0 Å². The van der Waals surface area contributed by atoms with Crippen molar-refractivity contribution in [3.8, 4) is 0 Å². The molecular formula is C15H29O7PS. The molecule has 1 N–H and O–H groups in total. The molecule has 24 heavy (non-hydrogen) atoms. The van der Waals surface area contributed by atoms with Gasteiger partial charge < -0.3 is 32.9 Å². The predicted molar refractivity (Wildman–Crippen MR) is 92.5 cm³/mol. The standard InChI is InChI=1S/C15H29O7PS/c1-9-6-12(13(20-9)7-17-4)22-23(16,24)19-8-14-15(18-5)10(2)11(3)21-14/h9-15H,6-8H2,1-5H3,(H,16,24). The molecule has 0 saturated carbocycles. The smallest absolute Gasteiger partial charge is 0.324 e. The lowest BCUT2D eigenvalue weighted by Crippen LogP contribution is -2.32. The highest BCUT2D eigenvalue weighted by Gasteiger charge is 2.42. The maximum Gasteiger partial charge on any atom is 0.324 e. The van der Waals surface area contributed by atoms with Gasteiger partial charge in [-0.1, -0.05) is 6.92 Å². The Balaban J connectivity index is 1.88. The van der Waals surface area contributed by atoms with E-state index in [4.69, 9.17) is 39.8 Å². The lowest BCUT2D eigenvalue weighted by atomic mass is 9.99. The number of methoxy groups -OCH3 is 2. The lowest BCUT2D eigenvalue weighted by Gasteiger charge is -2.25. The van der Waals surface area contributed by atoms with Crippen LogP contribution in [0.1, 0.15) is 27.2 Å². The second kappa shape index (κ2) is 8.84. The summed E-state index contributed by atoms with van der Waals surface area (Å²) in [6.07, 6.45) is -0.212. The number of ether oxygens (including phenoxy) is 4. The highest BCUT2D eigenvalue weighted by molar-refractivity contribution is 8.07. The zero-order valence-electron chi connectivity index (χ0n) is 14.9. The topological polar surface area (TPSA) is 75.6 Å². The largest absolute Gasteiger partial charge is 0.382 e. The van der Waals surface area contributed by atoms with Crippen molar-refractivity contribution in [2.75, 3.05) is 27.4 Å². The first-order chi connectivity index (χ1) is 11.3. The highest BCUT2D eigenvalue weighted by atomic mass is 32.5. The molecule has 0 bridgehead atoms. The second-order valence-electron chi connectivity index (χ2n) is 6.52. The molecule has 0 radical (unpaired) electrons. The van der Waals surface area contributed by atoms with Crippen LogP contribution in [0.15, 0.2) is 0 Å². The van der Waals surface area contributed by atoms with Gasteiger partial charge >= 0.3 is 6.72 Å². The summed E-state index contributed by atoms with van der Waals surface area (Å²) in [6, 6.07) is 0. The van der Waals surface area contributed by atoms with Crippen LogP contribution in [-0.2, 0) is 39.8 Å². The fourth-order valence-corrected chi connectivity index (χ4v) is 4.77. The van der Waals surface area contributed by atoms with Crippen LogP contribution in [0.25, 0.3) is 0 Å².